The Bertz CT molecular complexity index is 1150. The largest absolute Gasteiger partial charge is 0.486 e. The van der Waals surface area contributed by atoms with Gasteiger partial charge < -0.3 is 19.9 Å². The van der Waals surface area contributed by atoms with Crippen molar-refractivity contribution in [1.29, 1.82) is 0 Å². The molecule has 3 aliphatic heterocycles. The number of primary amides is 1. The fraction of sp³-hybridized carbons (Fsp3) is 0.174. The lowest BCUT2D eigenvalue weighted by atomic mass is 9.83. The maximum absolute atomic E-state index is 11.5. The van der Waals surface area contributed by atoms with Crippen molar-refractivity contribution in [3.63, 3.8) is 0 Å². The van der Waals surface area contributed by atoms with Crippen molar-refractivity contribution in [2.24, 2.45) is 5.73 Å². The minimum Gasteiger partial charge on any atom is -0.486 e. The van der Waals surface area contributed by atoms with Crippen molar-refractivity contribution in [2.45, 2.75) is 12.2 Å². The zero-order chi connectivity index (χ0) is 18.8. The lowest BCUT2D eigenvalue weighted by Crippen LogP contribution is -2.15. The predicted molar refractivity (Wildman–Crippen MR) is 103 cm³/mol. The first kappa shape index (κ1) is 15.7. The standard InChI is InChI=1S/C23H17NO4/c24-23(25)13-5-7-16-18(11-13)21-15-6-4-12(10-17(15)20(16)28-21)14-2-1-3-19-22(14)27-9-8-26-19/h1-7,10-11,20-21H,8-9H2,(H2,24,25). The highest BCUT2D eigenvalue weighted by molar-refractivity contribution is 5.93. The Kier molecular flexibility index (Phi) is 3.14. The van der Waals surface area contributed by atoms with Crippen LogP contribution in [0.4, 0.5) is 0 Å². The molecule has 5 nitrogen and oxygen atoms in total. The molecule has 0 aromatic heterocycles. The second kappa shape index (κ2) is 5.59. The van der Waals surface area contributed by atoms with E-state index in [2.05, 4.69) is 24.3 Å². The van der Waals surface area contributed by atoms with Gasteiger partial charge in [-0.05, 0) is 52.1 Å². The number of fused-ring (bicyclic) bond motifs is 9. The number of ether oxygens (including phenoxy) is 3. The number of hydrogen-bond acceptors (Lipinski definition) is 4. The summed E-state index contributed by atoms with van der Waals surface area (Å²) in [6, 6.07) is 17.9. The summed E-state index contributed by atoms with van der Waals surface area (Å²) in [5.74, 6) is 1.16. The molecular weight excluding hydrogens is 354 g/mol. The van der Waals surface area contributed by atoms with Crippen LogP contribution in [0.15, 0.2) is 54.6 Å². The van der Waals surface area contributed by atoms with Crippen molar-refractivity contribution in [2.75, 3.05) is 13.2 Å². The smallest absolute Gasteiger partial charge is 0.248 e. The maximum atomic E-state index is 11.5. The highest BCUT2D eigenvalue weighted by atomic mass is 16.6. The third kappa shape index (κ3) is 2.08. The Balaban J connectivity index is 1.45. The predicted octanol–water partition coefficient (Wildman–Crippen LogP) is 3.75. The Labute approximate surface area is 161 Å². The van der Waals surface area contributed by atoms with E-state index >= 15 is 0 Å². The normalized spacial score (nSPS) is 20.6. The van der Waals surface area contributed by atoms with Gasteiger partial charge in [0.2, 0.25) is 5.91 Å². The van der Waals surface area contributed by atoms with Gasteiger partial charge >= 0.3 is 0 Å². The van der Waals surface area contributed by atoms with Gasteiger partial charge in [-0.25, -0.2) is 0 Å². The Hall–Kier alpha value is -3.31. The highest BCUT2D eigenvalue weighted by Gasteiger charge is 2.43. The average Bonchev–Trinajstić information content (AvgIpc) is 3.30. The minimum absolute atomic E-state index is 0.117. The Morgan fingerprint density at radius 3 is 2.43 bits per heavy atom. The van der Waals surface area contributed by atoms with Gasteiger partial charge in [0.25, 0.3) is 0 Å². The van der Waals surface area contributed by atoms with E-state index in [0.29, 0.717) is 18.8 Å². The van der Waals surface area contributed by atoms with Crippen LogP contribution in [0.5, 0.6) is 11.5 Å². The van der Waals surface area contributed by atoms with Crippen LogP contribution >= 0.6 is 0 Å². The van der Waals surface area contributed by atoms with Crippen LogP contribution in [0.1, 0.15) is 44.8 Å². The molecule has 0 radical (unpaired) electrons. The van der Waals surface area contributed by atoms with Gasteiger partial charge in [-0.2, -0.15) is 0 Å². The van der Waals surface area contributed by atoms with E-state index in [1.807, 2.05) is 24.3 Å². The first-order valence-electron chi connectivity index (χ1n) is 9.32. The van der Waals surface area contributed by atoms with Crippen LogP contribution in [0, 0.1) is 0 Å². The zero-order valence-corrected chi connectivity index (χ0v) is 15.0. The van der Waals surface area contributed by atoms with Crippen molar-refractivity contribution in [3.05, 3.63) is 82.4 Å². The van der Waals surface area contributed by atoms with Crippen LogP contribution < -0.4 is 15.2 Å². The Morgan fingerprint density at radius 1 is 0.857 bits per heavy atom. The van der Waals surface area contributed by atoms with Crippen LogP contribution in [-0.4, -0.2) is 19.1 Å². The number of amides is 1. The number of carbonyl (C=O) groups excluding carboxylic acids is 1. The number of para-hydroxylation sites is 1. The van der Waals surface area contributed by atoms with Crippen LogP contribution in [0.25, 0.3) is 11.1 Å². The van der Waals surface area contributed by atoms with Crippen LogP contribution in [-0.2, 0) is 4.74 Å². The van der Waals surface area contributed by atoms with E-state index in [-0.39, 0.29) is 12.2 Å². The topological polar surface area (TPSA) is 70.8 Å². The van der Waals surface area contributed by atoms with Crippen molar-refractivity contribution < 1.29 is 19.0 Å². The monoisotopic (exact) mass is 371 g/mol. The summed E-state index contributed by atoms with van der Waals surface area (Å²) >= 11 is 0. The van der Waals surface area contributed by atoms with Crippen LogP contribution in [0.2, 0.25) is 0 Å². The first-order chi connectivity index (χ1) is 13.7. The fourth-order valence-electron chi connectivity index (χ4n) is 4.47. The molecule has 6 rings (SSSR count). The summed E-state index contributed by atoms with van der Waals surface area (Å²) in [6.07, 6.45) is -0.263. The van der Waals surface area contributed by atoms with E-state index < -0.39 is 5.91 Å². The molecule has 2 unspecified atom stereocenters. The van der Waals surface area contributed by atoms with Crippen LogP contribution in [0.3, 0.4) is 0 Å². The van der Waals surface area contributed by atoms with Gasteiger partial charge in [-0.1, -0.05) is 30.3 Å². The lowest BCUT2D eigenvalue weighted by Gasteiger charge is -2.22. The molecule has 2 N–H and O–H groups in total. The molecule has 3 aromatic rings. The molecule has 28 heavy (non-hydrogen) atoms. The molecule has 0 saturated heterocycles. The quantitative estimate of drug-likeness (QED) is 0.745. The van der Waals surface area contributed by atoms with Gasteiger partial charge in [-0.3, -0.25) is 4.79 Å². The van der Waals surface area contributed by atoms with Crippen molar-refractivity contribution in [1.82, 2.24) is 0 Å². The van der Waals surface area contributed by atoms with Gasteiger partial charge in [-0.15, -0.1) is 0 Å². The van der Waals surface area contributed by atoms with Gasteiger partial charge in [0.1, 0.15) is 25.4 Å². The molecule has 2 atom stereocenters. The average molecular weight is 371 g/mol. The molecule has 0 aliphatic carbocycles. The second-order valence-corrected chi connectivity index (χ2v) is 7.28. The molecule has 1 amide bonds. The molecule has 5 heteroatoms. The van der Waals surface area contributed by atoms with E-state index in [1.54, 1.807) is 6.07 Å². The lowest BCUT2D eigenvalue weighted by molar-refractivity contribution is 0.0857. The van der Waals surface area contributed by atoms with Gasteiger partial charge in [0, 0.05) is 11.1 Å². The summed E-state index contributed by atoms with van der Waals surface area (Å²) in [5.41, 5.74) is 12.5. The second-order valence-electron chi connectivity index (χ2n) is 7.28. The molecule has 3 aliphatic rings. The number of hydrogen-bond donors (Lipinski definition) is 1. The van der Waals surface area contributed by atoms with Gasteiger partial charge in [0.05, 0.1) is 0 Å². The third-order valence-electron chi connectivity index (χ3n) is 5.74. The van der Waals surface area contributed by atoms with Crippen molar-refractivity contribution >= 4 is 5.91 Å². The molecule has 3 heterocycles. The minimum atomic E-state index is -0.419. The summed E-state index contributed by atoms with van der Waals surface area (Å²) in [6.45, 7) is 1.13. The molecular formula is C23H17NO4. The molecule has 138 valence electrons. The van der Waals surface area contributed by atoms with E-state index in [0.717, 1.165) is 44.9 Å². The molecule has 3 aromatic carbocycles. The number of rotatable bonds is 2. The van der Waals surface area contributed by atoms with E-state index in [9.17, 15) is 4.79 Å². The SMILES string of the molecule is NC(=O)c1ccc2c(c1)C1OC2c2cc(-c3cccc4c3OCCO4)ccc21. The number of benzene rings is 3. The van der Waals surface area contributed by atoms with E-state index in [4.69, 9.17) is 19.9 Å². The fourth-order valence-corrected chi connectivity index (χ4v) is 4.47. The maximum Gasteiger partial charge on any atom is 0.248 e. The molecule has 2 bridgehead atoms. The molecule has 0 saturated carbocycles. The summed E-state index contributed by atoms with van der Waals surface area (Å²) in [5, 5.41) is 0. The van der Waals surface area contributed by atoms with Crippen molar-refractivity contribution in [3.8, 4) is 22.6 Å². The third-order valence-corrected chi connectivity index (χ3v) is 5.74. The van der Waals surface area contributed by atoms with Gasteiger partial charge in [0.15, 0.2) is 11.5 Å². The Morgan fingerprint density at radius 2 is 1.61 bits per heavy atom. The first-order valence-corrected chi connectivity index (χ1v) is 9.32. The number of carbonyl (C=O) groups is 1. The summed E-state index contributed by atoms with van der Waals surface area (Å²) < 4.78 is 17.8. The molecule has 0 fully saturated rings. The highest BCUT2D eigenvalue weighted by Crippen LogP contribution is 2.55. The summed E-state index contributed by atoms with van der Waals surface area (Å²) in [4.78, 5) is 11.5. The molecule has 0 spiro atoms. The van der Waals surface area contributed by atoms with E-state index in [1.165, 1.54) is 0 Å². The number of nitrogens with two attached hydrogens (primary N) is 1. The summed E-state index contributed by atoms with van der Waals surface area (Å²) in [7, 11) is 0. The zero-order valence-electron chi connectivity index (χ0n) is 15.0.